The predicted molar refractivity (Wildman–Crippen MR) is 96.7 cm³/mol. The van der Waals surface area contributed by atoms with E-state index in [0.29, 0.717) is 13.2 Å². The molecule has 0 spiro atoms. The van der Waals surface area contributed by atoms with Crippen LogP contribution in [0.1, 0.15) is 40.5 Å². The quantitative estimate of drug-likeness (QED) is 0.427. The SMILES string of the molecule is CCCCNC(=O)C(C)(C)C(C#C[Se]c1ccccc1)OCC. The summed E-state index contributed by atoms with van der Waals surface area (Å²) in [5, 5.41) is 2.99. The molecule has 3 nitrogen and oxygen atoms in total. The molecule has 1 aromatic rings. The summed E-state index contributed by atoms with van der Waals surface area (Å²) in [6, 6.07) is 10.2. The fourth-order valence-electron chi connectivity index (χ4n) is 1.95. The molecular formula is C19H27NO2Se. The van der Waals surface area contributed by atoms with Crippen molar-refractivity contribution in [3.05, 3.63) is 30.3 Å². The van der Waals surface area contributed by atoms with E-state index in [1.165, 1.54) is 4.46 Å². The fourth-order valence-corrected chi connectivity index (χ4v) is 3.16. The Kier molecular flexibility index (Phi) is 9.02. The van der Waals surface area contributed by atoms with Gasteiger partial charge in [-0.2, -0.15) is 0 Å². The summed E-state index contributed by atoms with van der Waals surface area (Å²) in [5.41, 5.74) is -0.663. The molecule has 0 bridgehead atoms. The number of unbranched alkanes of at least 4 members (excludes halogenated alkanes) is 1. The van der Waals surface area contributed by atoms with Crippen molar-refractivity contribution in [1.29, 1.82) is 0 Å². The maximum atomic E-state index is 12.4. The van der Waals surface area contributed by atoms with Gasteiger partial charge in [-0.05, 0) is 0 Å². The van der Waals surface area contributed by atoms with E-state index < -0.39 is 5.41 Å². The fraction of sp³-hybridized carbons (Fsp3) is 0.526. The van der Waals surface area contributed by atoms with Crippen LogP contribution in [-0.4, -0.2) is 40.1 Å². The number of amides is 1. The normalized spacial score (nSPS) is 12.2. The Hall–Kier alpha value is -1.27. The van der Waals surface area contributed by atoms with Crippen molar-refractivity contribution in [2.75, 3.05) is 13.2 Å². The number of carbonyl (C=O) groups is 1. The number of rotatable bonds is 8. The van der Waals surface area contributed by atoms with Crippen molar-refractivity contribution in [3.8, 4) is 10.7 Å². The monoisotopic (exact) mass is 381 g/mol. The van der Waals surface area contributed by atoms with Crippen molar-refractivity contribution in [3.63, 3.8) is 0 Å². The molecule has 23 heavy (non-hydrogen) atoms. The van der Waals surface area contributed by atoms with Crippen LogP contribution in [0.15, 0.2) is 30.3 Å². The topological polar surface area (TPSA) is 38.3 Å². The van der Waals surface area contributed by atoms with Gasteiger partial charge in [0.2, 0.25) is 0 Å². The number of hydrogen-bond donors (Lipinski definition) is 1. The first-order valence-corrected chi connectivity index (χ1v) is 9.86. The molecule has 0 aliphatic rings. The summed E-state index contributed by atoms with van der Waals surface area (Å²) in [6.07, 6.45) is 1.67. The van der Waals surface area contributed by atoms with Gasteiger partial charge in [-0.15, -0.1) is 0 Å². The van der Waals surface area contributed by atoms with E-state index in [2.05, 4.69) is 35.1 Å². The molecule has 1 amide bonds. The molecule has 1 atom stereocenters. The summed E-state index contributed by atoms with van der Waals surface area (Å²) in [7, 11) is 0. The molecule has 0 aromatic heterocycles. The summed E-state index contributed by atoms with van der Waals surface area (Å²) in [5.74, 6) is 3.18. The third-order valence-electron chi connectivity index (χ3n) is 3.49. The third kappa shape index (κ3) is 6.79. The average Bonchev–Trinajstić information content (AvgIpc) is 2.55. The second kappa shape index (κ2) is 10.5. The number of ether oxygens (including phenoxy) is 1. The zero-order chi connectivity index (χ0) is 17.1. The van der Waals surface area contributed by atoms with Gasteiger partial charge in [0, 0.05) is 0 Å². The van der Waals surface area contributed by atoms with Crippen molar-refractivity contribution >= 4 is 25.3 Å². The summed E-state index contributed by atoms with van der Waals surface area (Å²) in [6.45, 7) is 9.10. The Balaban J connectivity index is 2.73. The van der Waals surface area contributed by atoms with Gasteiger partial charge in [0.15, 0.2) is 0 Å². The first kappa shape index (κ1) is 19.8. The first-order chi connectivity index (χ1) is 11.0. The van der Waals surface area contributed by atoms with E-state index in [1.54, 1.807) is 0 Å². The minimum atomic E-state index is -0.663. The van der Waals surface area contributed by atoms with Gasteiger partial charge in [-0.1, -0.05) is 0 Å². The van der Waals surface area contributed by atoms with Gasteiger partial charge in [0.25, 0.3) is 0 Å². The zero-order valence-corrected chi connectivity index (χ0v) is 16.2. The molecule has 0 aliphatic carbocycles. The second-order valence-corrected chi connectivity index (χ2v) is 7.67. The zero-order valence-electron chi connectivity index (χ0n) is 14.5. The molecule has 1 aromatic carbocycles. The Morgan fingerprint density at radius 2 is 2.00 bits per heavy atom. The molecule has 1 rings (SSSR count). The van der Waals surface area contributed by atoms with E-state index in [-0.39, 0.29) is 27.0 Å². The van der Waals surface area contributed by atoms with Crippen LogP contribution in [0.3, 0.4) is 0 Å². The Morgan fingerprint density at radius 1 is 1.30 bits per heavy atom. The van der Waals surface area contributed by atoms with Crippen LogP contribution < -0.4 is 9.78 Å². The third-order valence-corrected chi connectivity index (χ3v) is 5.02. The van der Waals surface area contributed by atoms with Crippen LogP contribution in [-0.2, 0) is 9.53 Å². The van der Waals surface area contributed by atoms with Crippen molar-refractivity contribution in [2.24, 2.45) is 5.41 Å². The minimum absolute atomic E-state index is 0.00547. The van der Waals surface area contributed by atoms with Crippen LogP contribution in [0.5, 0.6) is 0 Å². The number of nitrogens with one attached hydrogen (secondary N) is 1. The summed E-state index contributed by atoms with van der Waals surface area (Å²) < 4.78 is 6.98. The molecule has 0 saturated carbocycles. The van der Waals surface area contributed by atoms with E-state index >= 15 is 0 Å². The second-order valence-electron chi connectivity index (χ2n) is 5.83. The van der Waals surface area contributed by atoms with Gasteiger partial charge < -0.3 is 0 Å². The molecule has 0 aliphatic heterocycles. The number of benzene rings is 1. The standard InChI is InChI=1S/C19H27NO2Se/c1-5-7-14-20-18(21)19(3,4)17(22-6-2)13-15-23-16-11-9-8-10-12-16/h8-12,17H,5-7,14H2,1-4H3,(H,20,21). The van der Waals surface area contributed by atoms with E-state index in [4.69, 9.17) is 4.74 Å². The molecule has 0 fully saturated rings. The first-order valence-electron chi connectivity index (χ1n) is 8.14. The van der Waals surface area contributed by atoms with Crippen molar-refractivity contribution < 1.29 is 9.53 Å². The van der Waals surface area contributed by atoms with Gasteiger partial charge in [0.1, 0.15) is 0 Å². The Bertz CT molecular complexity index is 531. The molecule has 0 saturated heterocycles. The van der Waals surface area contributed by atoms with Crippen LogP contribution in [0.2, 0.25) is 0 Å². The molecule has 0 heterocycles. The maximum absolute atomic E-state index is 12.4. The predicted octanol–water partition coefficient (Wildman–Crippen LogP) is 2.32. The van der Waals surface area contributed by atoms with Crippen LogP contribution in [0.25, 0.3) is 0 Å². The van der Waals surface area contributed by atoms with E-state index in [1.807, 2.05) is 39.0 Å². The molecule has 4 heteroatoms. The van der Waals surface area contributed by atoms with Gasteiger partial charge in [-0.3, -0.25) is 0 Å². The molecule has 1 N–H and O–H groups in total. The van der Waals surface area contributed by atoms with Crippen molar-refractivity contribution in [2.45, 2.75) is 46.6 Å². The van der Waals surface area contributed by atoms with Crippen LogP contribution >= 0.6 is 0 Å². The van der Waals surface area contributed by atoms with E-state index in [0.717, 1.165) is 12.8 Å². The van der Waals surface area contributed by atoms with Gasteiger partial charge >= 0.3 is 146 Å². The molecule has 0 radical (unpaired) electrons. The molecular weight excluding hydrogens is 353 g/mol. The number of hydrogen-bond acceptors (Lipinski definition) is 2. The van der Waals surface area contributed by atoms with Crippen molar-refractivity contribution in [1.82, 2.24) is 5.32 Å². The molecule has 126 valence electrons. The van der Waals surface area contributed by atoms with Gasteiger partial charge in [-0.25, -0.2) is 0 Å². The average molecular weight is 380 g/mol. The van der Waals surface area contributed by atoms with Crippen LogP contribution in [0.4, 0.5) is 0 Å². The molecule has 1 unspecified atom stereocenters. The van der Waals surface area contributed by atoms with Gasteiger partial charge in [0.05, 0.1) is 0 Å². The van der Waals surface area contributed by atoms with Crippen LogP contribution in [0, 0.1) is 16.2 Å². The summed E-state index contributed by atoms with van der Waals surface area (Å²) in [4.78, 5) is 15.7. The Labute approximate surface area is 146 Å². The summed E-state index contributed by atoms with van der Waals surface area (Å²) >= 11 is 0.0748. The number of carbonyl (C=O) groups excluding carboxylic acids is 1. The Morgan fingerprint density at radius 3 is 2.61 bits per heavy atom. The van der Waals surface area contributed by atoms with E-state index in [9.17, 15) is 4.79 Å².